The van der Waals surface area contributed by atoms with Crippen LogP contribution in [0.5, 0.6) is 5.88 Å². The SMILES string of the molecule is CCOC(C)(C)c1nc(O)cs1. The average molecular weight is 187 g/mol. The lowest BCUT2D eigenvalue weighted by Crippen LogP contribution is -2.21. The van der Waals surface area contributed by atoms with Crippen molar-refractivity contribution in [2.45, 2.75) is 26.4 Å². The van der Waals surface area contributed by atoms with E-state index in [1.807, 2.05) is 20.8 Å². The molecule has 68 valence electrons. The van der Waals surface area contributed by atoms with Crippen LogP contribution in [0.15, 0.2) is 5.38 Å². The van der Waals surface area contributed by atoms with E-state index in [-0.39, 0.29) is 11.5 Å². The van der Waals surface area contributed by atoms with Gasteiger partial charge in [0.25, 0.3) is 0 Å². The zero-order valence-corrected chi connectivity index (χ0v) is 8.31. The molecule has 3 nitrogen and oxygen atoms in total. The minimum absolute atomic E-state index is 0.0720. The molecule has 0 bridgehead atoms. The van der Waals surface area contributed by atoms with Crippen LogP contribution in [-0.2, 0) is 10.3 Å². The van der Waals surface area contributed by atoms with Crippen molar-refractivity contribution in [3.05, 3.63) is 10.4 Å². The second-order valence-corrected chi connectivity index (χ2v) is 3.81. The molecule has 0 atom stereocenters. The summed E-state index contributed by atoms with van der Waals surface area (Å²) in [6.45, 7) is 6.46. The van der Waals surface area contributed by atoms with Crippen LogP contribution >= 0.6 is 11.3 Å². The molecule has 0 saturated carbocycles. The minimum atomic E-state index is -0.388. The first-order chi connectivity index (χ1) is 5.56. The fraction of sp³-hybridized carbons (Fsp3) is 0.625. The van der Waals surface area contributed by atoms with Crippen molar-refractivity contribution < 1.29 is 9.84 Å². The summed E-state index contributed by atoms with van der Waals surface area (Å²) in [6, 6.07) is 0. The van der Waals surface area contributed by atoms with Crippen LogP contribution in [0.3, 0.4) is 0 Å². The summed E-state index contributed by atoms with van der Waals surface area (Å²) in [6.07, 6.45) is 0. The normalized spacial score (nSPS) is 11.9. The van der Waals surface area contributed by atoms with E-state index in [9.17, 15) is 0 Å². The van der Waals surface area contributed by atoms with Gasteiger partial charge < -0.3 is 9.84 Å². The lowest BCUT2D eigenvalue weighted by atomic mass is 10.1. The third-order valence-electron chi connectivity index (χ3n) is 1.51. The number of ether oxygens (including phenoxy) is 1. The van der Waals surface area contributed by atoms with E-state index in [4.69, 9.17) is 9.84 Å². The van der Waals surface area contributed by atoms with E-state index < -0.39 is 0 Å². The van der Waals surface area contributed by atoms with Gasteiger partial charge in [0.15, 0.2) is 0 Å². The van der Waals surface area contributed by atoms with Gasteiger partial charge in [0.05, 0.1) is 5.38 Å². The van der Waals surface area contributed by atoms with E-state index in [1.165, 1.54) is 11.3 Å². The second-order valence-electron chi connectivity index (χ2n) is 2.95. The highest BCUT2D eigenvalue weighted by molar-refractivity contribution is 7.09. The van der Waals surface area contributed by atoms with E-state index in [2.05, 4.69) is 4.98 Å². The maximum absolute atomic E-state index is 9.03. The first-order valence-electron chi connectivity index (χ1n) is 3.85. The first-order valence-corrected chi connectivity index (χ1v) is 4.73. The molecule has 0 radical (unpaired) electrons. The molecule has 1 aromatic rings. The lowest BCUT2D eigenvalue weighted by Gasteiger charge is -2.21. The zero-order chi connectivity index (χ0) is 9.19. The minimum Gasteiger partial charge on any atom is -0.493 e. The van der Waals surface area contributed by atoms with Crippen molar-refractivity contribution in [2.24, 2.45) is 0 Å². The van der Waals surface area contributed by atoms with Crippen molar-refractivity contribution >= 4 is 11.3 Å². The molecule has 0 aliphatic rings. The Bertz CT molecular complexity index is 257. The summed E-state index contributed by atoms with van der Waals surface area (Å²) in [4.78, 5) is 3.95. The van der Waals surface area contributed by atoms with Crippen molar-refractivity contribution in [2.75, 3.05) is 6.61 Å². The number of rotatable bonds is 3. The molecule has 0 aliphatic carbocycles. The van der Waals surface area contributed by atoms with E-state index >= 15 is 0 Å². The molecular formula is C8H13NO2S. The summed E-state index contributed by atoms with van der Waals surface area (Å²) < 4.78 is 5.47. The van der Waals surface area contributed by atoms with Crippen molar-refractivity contribution in [1.82, 2.24) is 4.98 Å². The summed E-state index contributed by atoms with van der Waals surface area (Å²) in [5.74, 6) is 0.0720. The average Bonchev–Trinajstić information content (AvgIpc) is 2.36. The highest BCUT2D eigenvalue weighted by Crippen LogP contribution is 2.29. The standard InChI is InChI=1S/C8H13NO2S/c1-4-11-8(2,3)7-9-6(10)5-12-7/h5,10H,4H2,1-3H3. The maximum Gasteiger partial charge on any atom is 0.222 e. The van der Waals surface area contributed by atoms with Crippen molar-refractivity contribution in [3.63, 3.8) is 0 Å². The molecule has 1 N–H and O–H groups in total. The van der Waals surface area contributed by atoms with Gasteiger partial charge in [-0.05, 0) is 20.8 Å². The predicted octanol–water partition coefficient (Wildman–Crippen LogP) is 2.12. The Morgan fingerprint density at radius 2 is 2.33 bits per heavy atom. The van der Waals surface area contributed by atoms with Gasteiger partial charge in [-0.1, -0.05) is 0 Å². The van der Waals surface area contributed by atoms with Crippen LogP contribution in [0.2, 0.25) is 0 Å². The van der Waals surface area contributed by atoms with Gasteiger partial charge in [0, 0.05) is 6.61 Å². The van der Waals surface area contributed by atoms with Crippen LogP contribution in [-0.4, -0.2) is 16.7 Å². The first kappa shape index (κ1) is 9.48. The molecule has 4 heteroatoms. The number of aromatic nitrogens is 1. The molecule has 0 saturated heterocycles. The highest BCUT2D eigenvalue weighted by Gasteiger charge is 2.24. The number of thiazole rings is 1. The quantitative estimate of drug-likeness (QED) is 0.788. The van der Waals surface area contributed by atoms with Crippen LogP contribution in [0.1, 0.15) is 25.8 Å². The van der Waals surface area contributed by atoms with Crippen LogP contribution in [0.25, 0.3) is 0 Å². The van der Waals surface area contributed by atoms with Gasteiger partial charge in [0.1, 0.15) is 10.6 Å². The Balaban J connectivity index is 2.81. The number of hydrogen-bond donors (Lipinski definition) is 1. The molecule has 1 aromatic heterocycles. The van der Waals surface area contributed by atoms with Crippen molar-refractivity contribution in [3.8, 4) is 5.88 Å². The van der Waals surface area contributed by atoms with E-state index in [1.54, 1.807) is 5.38 Å². The Morgan fingerprint density at radius 1 is 1.67 bits per heavy atom. The van der Waals surface area contributed by atoms with Crippen molar-refractivity contribution in [1.29, 1.82) is 0 Å². The summed E-state index contributed by atoms with van der Waals surface area (Å²) in [5, 5.41) is 11.4. The predicted molar refractivity (Wildman–Crippen MR) is 48.4 cm³/mol. The van der Waals surface area contributed by atoms with Crippen LogP contribution in [0.4, 0.5) is 0 Å². The Morgan fingerprint density at radius 3 is 2.75 bits per heavy atom. The third-order valence-corrected chi connectivity index (χ3v) is 2.65. The molecule has 1 rings (SSSR count). The Hall–Kier alpha value is -0.610. The molecule has 0 aliphatic heterocycles. The maximum atomic E-state index is 9.03. The largest absolute Gasteiger partial charge is 0.493 e. The number of aromatic hydroxyl groups is 1. The molecule has 12 heavy (non-hydrogen) atoms. The van der Waals surface area contributed by atoms with Gasteiger partial charge in [-0.2, -0.15) is 0 Å². The molecule has 0 fully saturated rings. The monoisotopic (exact) mass is 187 g/mol. The van der Waals surface area contributed by atoms with Gasteiger partial charge in [-0.25, -0.2) is 4.98 Å². The highest BCUT2D eigenvalue weighted by atomic mass is 32.1. The summed E-state index contributed by atoms with van der Waals surface area (Å²) >= 11 is 1.41. The topological polar surface area (TPSA) is 42.4 Å². The van der Waals surface area contributed by atoms with Gasteiger partial charge >= 0.3 is 0 Å². The summed E-state index contributed by atoms with van der Waals surface area (Å²) in [5.41, 5.74) is -0.388. The molecule has 0 aromatic carbocycles. The van der Waals surface area contributed by atoms with Gasteiger partial charge in [0.2, 0.25) is 5.88 Å². The number of nitrogens with zero attached hydrogens (tertiary/aromatic N) is 1. The molecule has 0 amide bonds. The smallest absolute Gasteiger partial charge is 0.222 e. The van der Waals surface area contributed by atoms with E-state index in [0.717, 1.165) is 5.01 Å². The molecule has 0 unspecified atom stereocenters. The fourth-order valence-corrected chi connectivity index (χ4v) is 1.72. The summed E-state index contributed by atoms with van der Waals surface area (Å²) in [7, 11) is 0. The Kier molecular flexibility index (Phi) is 2.69. The van der Waals surface area contributed by atoms with Crippen LogP contribution in [0, 0.1) is 0 Å². The Labute approximate surface area is 76.0 Å². The number of hydrogen-bond acceptors (Lipinski definition) is 4. The lowest BCUT2D eigenvalue weighted by molar-refractivity contribution is -0.0143. The van der Waals surface area contributed by atoms with E-state index in [0.29, 0.717) is 6.61 Å². The van der Waals surface area contributed by atoms with Crippen LogP contribution < -0.4 is 0 Å². The fourth-order valence-electron chi connectivity index (χ4n) is 0.964. The second kappa shape index (κ2) is 3.41. The van der Waals surface area contributed by atoms with Gasteiger partial charge in [-0.15, -0.1) is 11.3 Å². The molecule has 1 heterocycles. The third kappa shape index (κ3) is 1.95. The van der Waals surface area contributed by atoms with Gasteiger partial charge in [-0.3, -0.25) is 0 Å². The zero-order valence-electron chi connectivity index (χ0n) is 7.50. The molecular weight excluding hydrogens is 174 g/mol. The molecule has 0 spiro atoms.